The van der Waals surface area contributed by atoms with Gasteiger partial charge in [-0.15, -0.1) is 10.2 Å². The quantitative estimate of drug-likeness (QED) is 0.584. The number of hydrogen-bond acceptors (Lipinski definition) is 6. The number of nitrogens with zero attached hydrogens (tertiary/aromatic N) is 3. The second-order valence-electron chi connectivity index (χ2n) is 6.73. The van der Waals surface area contributed by atoms with Gasteiger partial charge >= 0.3 is 0 Å². The van der Waals surface area contributed by atoms with Gasteiger partial charge < -0.3 is 5.32 Å². The summed E-state index contributed by atoms with van der Waals surface area (Å²) in [5.74, 6) is -2.78. The Morgan fingerprint density at radius 3 is 2.68 bits per heavy atom. The lowest BCUT2D eigenvalue weighted by atomic mass is 10.2. The van der Waals surface area contributed by atoms with Crippen molar-refractivity contribution in [1.82, 2.24) is 14.5 Å². The molecule has 1 aromatic heterocycles. The molecule has 1 fully saturated rings. The first-order valence-corrected chi connectivity index (χ1v) is 11.8. The number of amides is 1. The van der Waals surface area contributed by atoms with Crippen LogP contribution in [0.1, 0.15) is 33.7 Å². The monoisotopic (exact) mass is 484 g/mol. The number of sulfonamides is 1. The first-order chi connectivity index (χ1) is 14.8. The zero-order chi connectivity index (χ0) is 22.2. The topological polar surface area (TPSA) is 92.3 Å². The van der Waals surface area contributed by atoms with Crippen molar-refractivity contribution in [2.24, 2.45) is 0 Å². The minimum absolute atomic E-state index is 0.00406. The molecule has 162 valence electrons. The van der Waals surface area contributed by atoms with Crippen LogP contribution in [-0.2, 0) is 10.0 Å². The summed E-state index contributed by atoms with van der Waals surface area (Å²) < 4.78 is 54.0. The molecule has 0 spiro atoms. The van der Waals surface area contributed by atoms with Gasteiger partial charge in [-0.1, -0.05) is 35.1 Å². The third kappa shape index (κ3) is 4.31. The summed E-state index contributed by atoms with van der Waals surface area (Å²) in [5.41, 5.74) is 0.0597. The molecule has 4 rings (SSSR count). The maximum Gasteiger partial charge on any atom is 0.286 e. The predicted octanol–water partition coefficient (Wildman–Crippen LogP) is 4.25. The van der Waals surface area contributed by atoms with E-state index in [0.717, 1.165) is 23.5 Å². The van der Waals surface area contributed by atoms with E-state index in [4.69, 9.17) is 11.6 Å². The van der Waals surface area contributed by atoms with E-state index in [1.165, 1.54) is 22.5 Å². The molecule has 0 aliphatic carbocycles. The van der Waals surface area contributed by atoms with Crippen molar-refractivity contribution in [1.29, 1.82) is 0 Å². The highest BCUT2D eigenvalue weighted by molar-refractivity contribution is 7.89. The summed E-state index contributed by atoms with van der Waals surface area (Å²) in [4.78, 5) is 12.4. The van der Waals surface area contributed by atoms with Crippen LogP contribution in [0.5, 0.6) is 0 Å². The Kier molecular flexibility index (Phi) is 6.02. The Morgan fingerprint density at radius 2 is 1.94 bits per heavy atom. The molecule has 1 N–H and O–H groups in total. The van der Waals surface area contributed by atoms with Crippen LogP contribution in [-0.4, -0.2) is 35.4 Å². The third-order valence-electron chi connectivity index (χ3n) is 4.72. The number of hydrogen-bond donors (Lipinski definition) is 1. The molecule has 31 heavy (non-hydrogen) atoms. The summed E-state index contributed by atoms with van der Waals surface area (Å²) in [6.45, 7) is 0.286. The number of aromatic nitrogens is 2. The lowest BCUT2D eigenvalue weighted by Gasteiger charge is -2.22. The van der Waals surface area contributed by atoms with Crippen LogP contribution >= 0.6 is 22.9 Å². The highest BCUT2D eigenvalue weighted by Gasteiger charge is 2.39. The molecule has 0 saturated carbocycles. The Bertz CT molecular complexity index is 1250. The average molecular weight is 485 g/mol. The molecule has 1 atom stereocenters. The van der Waals surface area contributed by atoms with Gasteiger partial charge in [-0.3, -0.25) is 4.79 Å². The number of halogens is 3. The molecule has 1 aliphatic rings. The van der Waals surface area contributed by atoms with E-state index in [2.05, 4.69) is 15.5 Å². The highest BCUT2D eigenvalue weighted by Crippen LogP contribution is 2.39. The maximum atomic E-state index is 13.3. The molecule has 0 radical (unpaired) electrons. The standard InChI is InChI=1S/C19H15ClF2N4O3S2/c20-12-4-1-2-6-16(12)31(28,29)26-9-3-5-15(26)18-24-25-19(30-18)17(27)23-11-7-8-13(21)14(22)10-11/h1-2,4,6-8,10,15H,3,5,9H2,(H,23,27)/t15-/m1/s1. The van der Waals surface area contributed by atoms with E-state index in [1.807, 2.05) is 0 Å². The van der Waals surface area contributed by atoms with E-state index in [-0.39, 0.29) is 27.2 Å². The molecule has 12 heteroatoms. The van der Waals surface area contributed by atoms with Crippen molar-refractivity contribution in [2.75, 3.05) is 11.9 Å². The fourth-order valence-corrected chi connectivity index (χ4v) is 6.38. The zero-order valence-electron chi connectivity index (χ0n) is 15.8. The van der Waals surface area contributed by atoms with Gasteiger partial charge in [0, 0.05) is 18.3 Å². The van der Waals surface area contributed by atoms with Crippen LogP contribution < -0.4 is 5.32 Å². The molecule has 2 heterocycles. The molecule has 1 saturated heterocycles. The summed E-state index contributed by atoms with van der Waals surface area (Å²) in [7, 11) is -3.87. The summed E-state index contributed by atoms with van der Waals surface area (Å²) in [5, 5.41) is 10.7. The van der Waals surface area contributed by atoms with Crippen molar-refractivity contribution < 1.29 is 22.0 Å². The van der Waals surface area contributed by atoms with Gasteiger partial charge in [-0.2, -0.15) is 4.31 Å². The summed E-state index contributed by atoms with van der Waals surface area (Å²) in [6, 6.07) is 8.56. The van der Waals surface area contributed by atoms with Crippen LogP contribution in [0.15, 0.2) is 47.4 Å². The van der Waals surface area contributed by atoms with E-state index in [1.54, 1.807) is 12.1 Å². The van der Waals surface area contributed by atoms with Crippen LogP contribution in [0.25, 0.3) is 0 Å². The number of nitrogens with one attached hydrogen (secondary N) is 1. The van der Waals surface area contributed by atoms with E-state index < -0.39 is 33.6 Å². The van der Waals surface area contributed by atoms with Crippen molar-refractivity contribution in [3.63, 3.8) is 0 Å². The molecule has 2 aromatic carbocycles. The number of carbonyl (C=O) groups excluding carboxylic acids is 1. The van der Waals surface area contributed by atoms with Crippen molar-refractivity contribution in [3.8, 4) is 0 Å². The molecule has 3 aromatic rings. The second kappa shape index (κ2) is 8.58. The van der Waals surface area contributed by atoms with Crippen molar-refractivity contribution in [2.45, 2.75) is 23.8 Å². The Labute approximate surface area is 185 Å². The van der Waals surface area contributed by atoms with E-state index in [0.29, 0.717) is 17.8 Å². The maximum absolute atomic E-state index is 13.3. The largest absolute Gasteiger partial charge is 0.320 e. The van der Waals surface area contributed by atoms with Gasteiger partial charge in [-0.05, 0) is 37.1 Å². The van der Waals surface area contributed by atoms with Crippen LogP contribution in [0.2, 0.25) is 5.02 Å². The summed E-state index contributed by atoms with van der Waals surface area (Å²) >= 11 is 7.03. The van der Waals surface area contributed by atoms with Gasteiger partial charge in [0.1, 0.15) is 9.90 Å². The zero-order valence-corrected chi connectivity index (χ0v) is 18.1. The minimum Gasteiger partial charge on any atom is -0.320 e. The van der Waals surface area contributed by atoms with Gasteiger partial charge in [0.25, 0.3) is 5.91 Å². The highest BCUT2D eigenvalue weighted by atomic mass is 35.5. The summed E-state index contributed by atoms with van der Waals surface area (Å²) in [6.07, 6.45) is 1.13. The Balaban J connectivity index is 1.56. The van der Waals surface area contributed by atoms with Gasteiger partial charge in [-0.25, -0.2) is 17.2 Å². The number of anilines is 1. The lowest BCUT2D eigenvalue weighted by Crippen LogP contribution is -2.30. The van der Waals surface area contributed by atoms with Gasteiger partial charge in [0.2, 0.25) is 15.0 Å². The Morgan fingerprint density at radius 1 is 1.16 bits per heavy atom. The SMILES string of the molecule is O=C(Nc1ccc(F)c(F)c1)c1nnc([C@H]2CCCN2S(=O)(=O)c2ccccc2Cl)s1. The molecule has 1 amide bonds. The fourth-order valence-electron chi connectivity index (χ4n) is 3.27. The first kappa shape index (κ1) is 21.8. The molecular formula is C19H15ClF2N4O3S2. The molecule has 0 bridgehead atoms. The van der Waals surface area contributed by atoms with Crippen molar-refractivity contribution in [3.05, 3.63) is 69.1 Å². The van der Waals surface area contributed by atoms with Crippen LogP contribution in [0, 0.1) is 11.6 Å². The molecule has 7 nitrogen and oxygen atoms in total. The van der Waals surface area contributed by atoms with Gasteiger partial charge in [0.05, 0.1) is 11.1 Å². The normalized spacial score (nSPS) is 17.1. The van der Waals surface area contributed by atoms with Crippen LogP contribution in [0.3, 0.4) is 0 Å². The molecular weight excluding hydrogens is 470 g/mol. The number of benzene rings is 2. The minimum atomic E-state index is -3.87. The lowest BCUT2D eigenvalue weighted by molar-refractivity contribution is 0.102. The Hall–Kier alpha value is -2.47. The number of rotatable bonds is 5. The first-order valence-electron chi connectivity index (χ1n) is 9.13. The van der Waals surface area contributed by atoms with E-state index >= 15 is 0 Å². The fraction of sp³-hybridized carbons (Fsp3) is 0.211. The number of carbonyl (C=O) groups is 1. The third-order valence-corrected chi connectivity index (χ3v) is 8.16. The smallest absolute Gasteiger partial charge is 0.286 e. The molecule has 1 aliphatic heterocycles. The van der Waals surface area contributed by atoms with E-state index in [9.17, 15) is 22.0 Å². The predicted molar refractivity (Wildman–Crippen MR) is 112 cm³/mol. The average Bonchev–Trinajstić information content (AvgIpc) is 3.40. The van der Waals surface area contributed by atoms with Crippen molar-refractivity contribution >= 4 is 44.6 Å². The van der Waals surface area contributed by atoms with Crippen LogP contribution in [0.4, 0.5) is 14.5 Å². The molecule has 0 unspecified atom stereocenters. The van der Waals surface area contributed by atoms with Gasteiger partial charge in [0.15, 0.2) is 11.6 Å². The second-order valence-corrected chi connectivity index (χ2v) is 10.0.